The Labute approximate surface area is 159 Å². The van der Waals surface area contributed by atoms with Crippen LogP contribution in [0.3, 0.4) is 0 Å². The highest BCUT2D eigenvalue weighted by molar-refractivity contribution is 9.10. The maximum Gasteiger partial charge on any atom is 0.316 e. The van der Waals surface area contributed by atoms with Gasteiger partial charge in [-0.25, -0.2) is 0 Å². The fraction of sp³-hybridized carbons (Fsp3) is 0.333. The van der Waals surface area contributed by atoms with E-state index in [-0.39, 0.29) is 18.1 Å². The lowest BCUT2D eigenvalue weighted by molar-refractivity contribution is -0.147. The summed E-state index contributed by atoms with van der Waals surface area (Å²) in [5, 5.41) is 2.52. The number of carbonyl (C=O) groups is 2. The summed E-state index contributed by atoms with van der Waals surface area (Å²) in [6.07, 6.45) is 0. The molecule has 3 nitrogen and oxygen atoms in total. The second-order valence-electron chi connectivity index (χ2n) is 6.33. The molecule has 0 spiro atoms. The Morgan fingerprint density at radius 1 is 1.21 bits per heavy atom. The SMILES string of the molecule is CC(C)(C)C(=O)COC(=O)CSc1ccc(Br)c2cccc(Cl)c12. The van der Waals surface area contributed by atoms with Crippen molar-refractivity contribution in [2.75, 3.05) is 12.4 Å². The highest BCUT2D eigenvalue weighted by Crippen LogP contribution is 2.37. The molecule has 2 rings (SSSR count). The molecule has 0 unspecified atom stereocenters. The van der Waals surface area contributed by atoms with E-state index < -0.39 is 11.4 Å². The summed E-state index contributed by atoms with van der Waals surface area (Å²) in [6, 6.07) is 9.51. The number of halogens is 2. The van der Waals surface area contributed by atoms with Gasteiger partial charge in [0.25, 0.3) is 0 Å². The quantitative estimate of drug-likeness (QED) is 0.464. The summed E-state index contributed by atoms with van der Waals surface area (Å²) in [5.74, 6) is -0.391. The number of hydrogen-bond donors (Lipinski definition) is 0. The van der Waals surface area contributed by atoms with Crippen molar-refractivity contribution in [3.8, 4) is 0 Å². The van der Waals surface area contributed by atoms with Crippen LogP contribution in [-0.4, -0.2) is 24.1 Å². The normalized spacial score (nSPS) is 11.5. The largest absolute Gasteiger partial charge is 0.457 e. The number of thioether (sulfide) groups is 1. The maximum atomic E-state index is 11.9. The lowest BCUT2D eigenvalue weighted by Gasteiger charge is -2.16. The van der Waals surface area contributed by atoms with Crippen molar-refractivity contribution in [2.45, 2.75) is 25.7 Å². The molecule has 0 aromatic heterocycles. The van der Waals surface area contributed by atoms with Gasteiger partial charge in [-0.05, 0) is 23.6 Å². The molecule has 0 amide bonds. The van der Waals surface area contributed by atoms with Gasteiger partial charge < -0.3 is 4.74 Å². The van der Waals surface area contributed by atoms with Crippen LogP contribution in [0, 0.1) is 5.41 Å². The number of ether oxygens (including phenoxy) is 1. The number of benzene rings is 2. The van der Waals surface area contributed by atoms with Gasteiger partial charge in [-0.15, -0.1) is 11.8 Å². The summed E-state index contributed by atoms with van der Waals surface area (Å²) in [4.78, 5) is 24.6. The molecule has 0 saturated carbocycles. The van der Waals surface area contributed by atoms with Crippen LogP contribution in [0.2, 0.25) is 5.02 Å². The average molecular weight is 430 g/mol. The first kappa shape index (κ1) is 19.3. The number of Topliss-reactive ketones (excluding diaryl/α,β-unsaturated/α-hetero) is 1. The first-order valence-electron chi connectivity index (χ1n) is 7.38. The maximum absolute atomic E-state index is 11.9. The minimum atomic E-state index is -0.511. The molecule has 0 fully saturated rings. The number of fused-ring (bicyclic) bond motifs is 1. The van der Waals surface area contributed by atoms with Gasteiger partial charge >= 0.3 is 5.97 Å². The van der Waals surface area contributed by atoms with Crippen molar-refractivity contribution in [3.05, 3.63) is 39.8 Å². The first-order chi connectivity index (χ1) is 11.2. The van der Waals surface area contributed by atoms with E-state index in [0.717, 1.165) is 20.1 Å². The molecule has 0 aliphatic heterocycles. The molecule has 2 aromatic rings. The summed E-state index contributed by atoms with van der Waals surface area (Å²) in [5.41, 5.74) is -0.511. The Hall–Kier alpha value is -1.04. The van der Waals surface area contributed by atoms with Gasteiger partial charge in [-0.1, -0.05) is 60.4 Å². The van der Waals surface area contributed by atoms with Crippen LogP contribution in [-0.2, 0) is 14.3 Å². The van der Waals surface area contributed by atoms with Crippen LogP contribution in [0.25, 0.3) is 10.8 Å². The third-order valence-corrected chi connectivity index (χ3v) is 5.48. The standard InChI is InChI=1S/C18H18BrClO3S/c1-18(2,3)15(21)9-23-16(22)10-24-14-8-7-12(19)11-5-4-6-13(20)17(11)14/h4-8H,9-10H2,1-3H3. The van der Waals surface area contributed by atoms with Crippen molar-refractivity contribution in [1.82, 2.24) is 0 Å². The summed E-state index contributed by atoms with van der Waals surface area (Å²) in [7, 11) is 0. The second-order valence-corrected chi connectivity index (χ2v) is 8.61. The van der Waals surface area contributed by atoms with Gasteiger partial charge in [0.1, 0.15) is 0 Å². The predicted molar refractivity (Wildman–Crippen MR) is 103 cm³/mol. The van der Waals surface area contributed by atoms with Gasteiger partial charge in [0.05, 0.1) is 5.75 Å². The Morgan fingerprint density at radius 3 is 2.58 bits per heavy atom. The molecule has 0 N–H and O–H groups in total. The zero-order valence-electron chi connectivity index (χ0n) is 13.7. The Balaban J connectivity index is 2.05. The molecule has 0 atom stereocenters. The van der Waals surface area contributed by atoms with E-state index >= 15 is 0 Å². The van der Waals surface area contributed by atoms with Crippen molar-refractivity contribution < 1.29 is 14.3 Å². The number of ketones is 1. The smallest absolute Gasteiger partial charge is 0.316 e. The minimum absolute atomic E-state index is 0.0991. The second kappa shape index (κ2) is 7.89. The summed E-state index contributed by atoms with van der Waals surface area (Å²) in [6.45, 7) is 5.21. The first-order valence-corrected chi connectivity index (χ1v) is 9.54. The molecule has 0 saturated heterocycles. The number of esters is 1. The van der Waals surface area contributed by atoms with Gasteiger partial charge in [0, 0.05) is 25.2 Å². The highest BCUT2D eigenvalue weighted by atomic mass is 79.9. The predicted octanol–water partition coefficient (Wildman–Crippen LogP) is 5.51. The zero-order valence-corrected chi connectivity index (χ0v) is 16.8. The van der Waals surface area contributed by atoms with E-state index in [1.165, 1.54) is 11.8 Å². The molecular formula is C18H18BrClO3S. The van der Waals surface area contributed by atoms with Crippen molar-refractivity contribution in [1.29, 1.82) is 0 Å². The van der Waals surface area contributed by atoms with Crippen LogP contribution in [0.4, 0.5) is 0 Å². The molecular weight excluding hydrogens is 412 g/mol. The van der Waals surface area contributed by atoms with Crippen LogP contribution in [0.1, 0.15) is 20.8 Å². The molecule has 0 aliphatic rings. The molecule has 0 bridgehead atoms. The van der Waals surface area contributed by atoms with Crippen molar-refractivity contribution >= 4 is 61.8 Å². The van der Waals surface area contributed by atoms with Crippen LogP contribution in [0.15, 0.2) is 39.7 Å². The number of rotatable bonds is 5. The lowest BCUT2D eigenvalue weighted by Crippen LogP contribution is -2.26. The Kier molecular flexibility index (Phi) is 6.34. The Bertz CT molecular complexity index is 784. The Morgan fingerprint density at radius 2 is 1.92 bits per heavy atom. The zero-order chi connectivity index (χ0) is 17.9. The third kappa shape index (κ3) is 4.74. The molecule has 24 heavy (non-hydrogen) atoms. The van der Waals surface area contributed by atoms with E-state index in [4.69, 9.17) is 16.3 Å². The van der Waals surface area contributed by atoms with E-state index in [1.807, 2.05) is 30.3 Å². The lowest BCUT2D eigenvalue weighted by atomic mass is 9.91. The van der Waals surface area contributed by atoms with Gasteiger partial charge in [-0.2, -0.15) is 0 Å². The average Bonchev–Trinajstić information content (AvgIpc) is 2.51. The summed E-state index contributed by atoms with van der Waals surface area (Å²) < 4.78 is 6.01. The fourth-order valence-electron chi connectivity index (χ4n) is 1.96. The molecule has 0 heterocycles. The van der Waals surface area contributed by atoms with Gasteiger partial charge in [-0.3, -0.25) is 9.59 Å². The molecule has 6 heteroatoms. The van der Waals surface area contributed by atoms with Gasteiger partial charge in [0.2, 0.25) is 0 Å². The van der Waals surface area contributed by atoms with Crippen LogP contribution >= 0.6 is 39.3 Å². The summed E-state index contributed by atoms with van der Waals surface area (Å²) >= 11 is 11.2. The van der Waals surface area contributed by atoms with E-state index in [1.54, 1.807) is 20.8 Å². The van der Waals surface area contributed by atoms with E-state index in [2.05, 4.69) is 15.9 Å². The highest BCUT2D eigenvalue weighted by Gasteiger charge is 2.22. The van der Waals surface area contributed by atoms with E-state index in [0.29, 0.717) is 5.02 Å². The fourth-order valence-corrected chi connectivity index (χ4v) is 3.64. The molecule has 0 radical (unpaired) electrons. The van der Waals surface area contributed by atoms with Crippen molar-refractivity contribution in [2.24, 2.45) is 5.41 Å². The van der Waals surface area contributed by atoms with E-state index in [9.17, 15) is 9.59 Å². The third-order valence-electron chi connectivity index (χ3n) is 3.44. The van der Waals surface area contributed by atoms with Crippen LogP contribution in [0.5, 0.6) is 0 Å². The molecule has 128 valence electrons. The van der Waals surface area contributed by atoms with Crippen LogP contribution < -0.4 is 0 Å². The van der Waals surface area contributed by atoms with Crippen molar-refractivity contribution in [3.63, 3.8) is 0 Å². The number of carbonyl (C=O) groups excluding carboxylic acids is 2. The monoisotopic (exact) mass is 428 g/mol. The number of hydrogen-bond acceptors (Lipinski definition) is 4. The minimum Gasteiger partial charge on any atom is -0.457 e. The molecule has 2 aromatic carbocycles. The van der Waals surface area contributed by atoms with Gasteiger partial charge in [0.15, 0.2) is 12.4 Å². The topological polar surface area (TPSA) is 43.4 Å². The molecule has 0 aliphatic carbocycles.